The summed E-state index contributed by atoms with van der Waals surface area (Å²) < 4.78 is 16.2. The number of carbonyl (C=O) groups excluding carboxylic acids is 1. The Kier molecular flexibility index (Phi) is 4.93. The van der Waals surface area contributed by atoms with E-state index in [0.29, 0.717) is 18.1 Å². The zero-order valence-corrected chi connectivity index (χ0v) is 12.1. The molecule has 0 saturated carbocycles. The average Bonchev–Trinajstić information content (AvgIpc) is 2.31. The van der Waals surface area contributed by atoms with Crippen LogP contribution in [0.2, 0.25) is 0 Å². The molecule has 3 atom stereocenters. The lowest BCUT2D eigenvalue weighted by molar-refractivity contribution is -0.296. The van der Waals surface area contributed by atoms with E-state index in [9.17, 15) is 4.79 Å². The Bertz CT molecular complexity index is 333. The molecule has 18 heavy (non-hydrogen) atoms. The minimum absolute atomic E-state index is 0.0494. The molecule has 0 amide bonds. The maximum atomic E-state index is 11.4. The van der Waals surface area contributed by atoms with E-state index in [1.807, 2.05) is 19.9 Å². The number of rotatable bonds is 3. The van der Waals surface area contributed by atoms with Crippen LogP contribution in [0.5, 0.6) is 0 Å². The van der Waals surface area contributed by atoms with Gasteiger partial charge in [-0.05, 0) is 20.8 Å². The molecule has 0 bridgehead atoms. The third kappa shape index (κ3) is 3.82. The first-order valence-corrected chi connectivity index (χ1v) is 6.35. The standard InChI is InChI=1S/C14H24O4/c1-9(7-10(2)13(15)16-6)12-11(3)8-17-14(4,5)18-12/h7,9,11-12H,8H2,1-6H3/b10-7-/t9-,11+,12-/m0/s1. The second-order valence-corrected chi connectivity index (χ2v) is 5.47. The number of methoxy groups -OCH3 is 1. The monoisotopic (exact) mass is 256 g/mol. The van der Waals surface area contributed by atoms with E-state index in [4.69, 9.17) is 14.2 Å². The van der Waals surface area contributed by atoms with Gasteiger partial charge in [0.1, 0.15) is 0 Å². The lowest BCUT2D eigenvalue weighted by Crippen LogP contribution is -2.47. The predicted octanol–water partition coefficient (Wildman–Crippen LogP) is 2.53. The highest BCUT2D eigenvalue weighted by Crippen LogP contribution is 2.31. The smallest absolute Gasteiger partial charge is 0.333 e. The molecule has 1 aliphatic rings. The van der Waals surface area contributed by atoms with Gasteiger partial charge < -0.3 is 14.2 Å². The van der Waals surface area contributed by atoms with Crippen LogP contribution in [0.25, 0.3) is 0 Å². The summed E-state index contributed by atoms with van der Waals surface area (Å²) in [5.74, 6) is -0.406. The molecule has 1 heterocycles. The van der Waals surface area contributed by atoms with Gasteiger partial charge >= 0.3 is 5.97 Å². The first-order valence-electron chi connectivity index (χ1n) is 6.35. The Morgan fingerprint density at radius 1 is 1.50 bits per heavy atom. The van der Waals surface area contributed by atoms with Gasteiger partial charge in [0.25, 0.3) is 0 Å². The Hall–Kier alpha value is -0.870. The van der Waals surface area contributed by atoms with E-state index in [1.165, 1.54) is 7.11 Å². The van der Waals surface area contributed by atoms with Crippen molar-refractivity contribution in [1.29, 1.82) is 0 Å². The van der Waals surface area contributed by atoms with Crippen molar-refractivity contribution < 1.29 is 19.0 Å². The molecule has 4 heteroatoms. The third-order valence-electron chi connectivity index (χ3n) is 3.21. The summed E-state index contributed by atoms with van der Waals surface area (Å²) in [6, 6.07) is 0. The summed E-state index contributed by atoms with van der Waals surface area (Å²) in [6.07, 6.45) is 1.96. The van der Waals surface area contributed by atoms with Gasteiger partial charge in [0.2, 0.25) is 0 Å². The van der Waals surface area contributed by atoms with Crippen LogP contribution in [0, 0.1) is 11.8 Å². The van der Waals surface area contributed by atoms with Crippen LogP contribution in [0.15, 0.2) is 11.6 Å². The highest BCUT2D eigenvalue weighted by Gasteiger charge is 2.36. The first-order chi connectivity index (χ1) is 8.26. The van der Waals surface area contributed by atoms with Gasteiger partial charge in [0, 0.05) is 17.4 Å². The van der Waals surface area contributed by atoms with Crippen LogP contribution in [0.4, 0.5) is 0 Å². The number of hydrogen-bond acceptors (Lipinski definition) is 4. The average molecular weight is 256 g/mol. The highest BCUT2D eigenvalue weighted by atomic mass is 16.7. The van der Waals surface area contributed by atoms with Gasteiger partial charge in [0.15, 0.2) is 5.79 Å². The second-order valence-electron chi connectivity index (χ2n) is 5.47. The fourth-order valence-electron chi connectivity index (χ4n) is 2.25. The van der Waals surface area contributed by atoms with Gasteiger partial charge in [-0.15, -0.1) is 0 Å². The van der Waals surface area contributed by atoms with Gasteiger partial charge in [-0.25, -0.2) is 4.79 Å². The molecule has 0 aromatic carbocycles. The molecule has 0 N–H and O–H groups in total. The van der Waals surface area contributed by atoms with E-state index in [1.54, 1.807) is 6.92 Å². The summed E-state index contributed by atoms with van der Waals surface area (Å²) in [5, 5.41) is 0. The summed E-state index contributed by atoms with van der Waals surface area (Å²) in [5.41, 5.74) is 0.616. The fourth-order valence-corrected chi connectivity index (χ4v) is 2.25. The van der Waals surface area contributed by atoms with E-state index in [2.05, 4.69) is 13.8 Å². The van der Waals surface area contributed by atoms with Crippen molar-refractivity contribution >= 4 is 5.97 Å². The molecular formula is C14H24O4. The minimum atomic E-state index is -0.557. The Balaban J connectivity index is 2.76. The van der Waals surface area contributed by atoms with Gasteiger partial charge in [-0.1, -0.05) is 19.9 Å². The van der Waals surface area contributed by atoms with E-state index < -0.39 is 5.79 Å². The molecule has 0 spiro atoms. The maximum absolute atomic E-state index is 11.4. The molecular weight excluding hydrogens is 232 g/mol. The number of carbonyl (C=O) groups is 1. The summed E-state index contributed by atoms with van der Waals surface area (Å²) in [6.45, 7) is 10.4. The first kappa shape index (κ1) is 15.2. The van der Waals surface area contributed by atoms with E-state index in [0.717, 1.165) is 0 Å². The number of ether oxygens (including phenoxy) is 3. The van der Waals surface area contributed by atoms with E-state index >= 15 is 0 Å². The maximum Gasteiger partial charge on any atom is 0.333 e. The quantitative estimate of drug-likeness (QED) is 0.575. The van der Waals surface area contributed by atoms with Crippen LogP contribution in [-0.4, -0.2) is 31.6 Å². The fraction of sp³-hybridized carbons (Fsp3) is 0.786. The van der Waals surface area contributed by atoms with Crippen LogP contribution < -0.4 is 0 Å². The van der Waals surface area contributed by atoms with Crippen molar-refractivity contribution in [3.8, 4) is 0 Å². The molecule has 104 valence electrons. The van der Waals surface area contributed by atoms with Crippen LogP contribution in [0.3, 0.4) is 0 Å². The lowest BCUT2D eigenvalue weighted by atomic mass is 9.91. The Labute approximate surface area is 109 Å². The Morgan fingerprint density at radius 3 is 2.67 bits per heavy atom. The molecule has 1 rings (SSSR count). The zero-order valence-electron chi connectivity index (χ0n) is 12.1. The molecule has 1 fully saturated rings. The van der Waals surface area contributed by atoms with Crippen LogP contribution >= 0.6 is 0 Å². The highest BCUT2D eigenvalue weighted by molar-refractivity contribution is 5.87. The summed E-state index contributed by atoms with van der Waals surface area (Å²) in [7, 11) is 1.39. The molecule has 0 unspecified atom stereocenters. The zero-order chi connectivity index (χ0) is 13.9. The molecule has 0 aliphatic carbocycles. The molecule has 0 radical (unpaired) electrons. The second kappa shape index (κ2) is 5.85. The number of hydrogen-bond donors (Lipinski definition) is 0. The molecule has 0 aromatic rings. The van der Waals surface area contributed by atoms with Crippen molar-refractivity contribution in [1.82, 2.24) is 0 Å². The minimum Gasteiger partial charge on any atom is -0.466 e. The lowest BCUT2D eigenvalue weighted by Gasteiger charge is -2.42. The Morgan fingerprint density at radius 2 is 2.11 bits per heavy atom. The molecule has 1 aliphatic heterocycles. The molecule has 1 saturated heterocycles. The van der Waals surface area contributed by atoms with Gasteiger partial charge in [0.05, 0.1) is 19.8 Å². The normalized spacial score (nSPS) is 29.8. The topological polar surface area (TPSA) is 44.8 Å². The van der Waals surface area contributed by atoms with Crippen molar-refractivity contribution in [2.45, 2.75) is 46.5 Å². The third-order valence-corrected chi connectivity index (χ3v) is 3.21. The van der Waals surface area contributed by atoms with Gasteiger partial charge in [-0.2, -0.15) is 0 Å². The summed E-state index contributed by atoms with van der Waals surface area (Å²) in [4.78, 5) is 11.4. The van der Waals surface area contributed by atoms with Crippen molar-refractivity contribution in [3.63, 3.8) is 0 Å². The van der Waals surface area contributed by atoms with Crippen molar-refractivity contribution in [2.75, 3.05) is 13.7 Å². The largest absolute Gasteiger partial charge is 0.466 e. The van der Waals surface area contributed by atoms with E-state index in [-0.39, 0.29) is 18.0 Å². The SMILES string of the molecule is COC(=O)/C(C)=C\[C@H](C)[C@@H]1OC(C)(C)OC[C@H]1C. The van der Waals surface area contributed by atoms with Crippen LogP contribution in [0.1, 0.15) is 34.6 Å². The van der Waals surface area contributed by atoms with Crippen molar-refractivity contribution in [2.24, 2.45) is 11.8 Å². The predicted molar refractivity (Wildman–Crippen MR) is 69.0 cm³/mol. The number of esters is 1. The molecule has 4 nitrogen and oxygen atoms in total. The summed E-state index contributed by atoms with van der Waals surface area (Å²) >= 11 is 0. The van der Waals surface area contributed by atoms with Gasteiger partial charge in [-0.3, -0.25) is 0 Å². The molecule has 0 aromatic heterocycles. The van der Waals surface area contributed by atoms with Crippen molar-refractivity contribution in [3.05, 3.63) is 11.6 Å². The van der Waals surface area contributed by atoms with Crippen LogP contribution in [-0.2, 0) is 19.0 Å².